The lowest BCUT2D eigenvalue weighted by Gasteiger charge is -2.08. The largest absolute Gasteiger partial charge is 0.333 e. The minimum Gasteiger partial charge on any atom is -0.333 e. The molecule has 0 unspecified atom stereocenters. The van der Waals surface area contributed by atoms with Gasteiger partial charge in [0, 0.05) is 23.2 Å². The van der Waals surface area contributed by atoms with E-state index in [1.54, 1.807) is 6.07 Å². The predicted molar refractivity (Wildman–Crippen MR) is 106 cm³/mol. The molecule has 0 atom stereocenters. The molecule has 0 aliphatic heterocycles. The summed E-state index contributed by atoms with van der Waals surface area (Å²) in [6, 6.07) is 18.0. The number of rotatable bonds is 5. The number of anilines is 1. The third-order valence-corrected chi connectivity index (χ3v) is 4.93. The summed E-state index contributed by atoms with van der Waals surface area (Å²) in [5, 5.41) is 16.3. The number of nitrogens with zero attached hydrogens (tertiary/aromatic N) is 2. The number of aromatic nitrogens is 2. The summed E-state index contributed by atoms with van der Waals surface area (Å²) in [5.41, 5.74) is 1.95. The SMILES string of the molecule is O=C(CSc1nc2ccc([N+](=O)[O-])cc2[nH]1)Nc1cccc2ccccc12. The normalized spacial score (nSPS) is 11.0. The van der Waals surface area contributed by atoms with E-state index >= 15 is 0 Å². The highest BCUT2D eigenvalue weighted by Crippen LogP contribution is 2.25. The predicted octanol–water partition coefficient (Wildman–Crippen LogP) is 4.36. The fraction of sp³-hybridized carbons (Fsp3) is 0.0526. The van der Waals surface area contributed by atoms with Crippen LogP contribution in [0.25, 0.3) is 21.8 Å². The number of non-ortho nitro benzene ring substituents is 1. The second kappa shape index (κ2) is 7.08. The highest BCUT2D eigenvalue weighted by molar-refractivity contribution is 7.99. The maximum Gasteiger partial charge on any atom is 0.271 e. The molecule has 1 aromatic heterocycles. The third kappa shape index (κ3) is 3.61. The lowest BCUT2D eigenvalue weighted by Crippen LogP contribution is -2.14. The molecule has 0 aliphatic carbocycles. The Labute approximate surface area is 157 Å². The molecule has 8 heteroatoms. The fourth-order valence-corrected chi connectivity index (χ4v) is 3.50. The molecular formula is C19H14N4O3S. The van der Waals surface area contributed by atoms with Crippen LogP contribution in [0.15, 0.2) is 65.8 Å². The minimum absolute atomic E-state index is 0.00333. The van der Waals surface area contributed by atoms with E-state index in [9.17, 15) is 14.9 Å². The number of carbonyl (C=O) groups excluding carboxylic acids is 1. The second-order valence-corrected chi connectivity index (χ2v) is 6.83. The minimum atomic E-state index is -0.454. The van der Waals surface area contributed by atoms with Gasteiger partial charge in [-0.15, -0.1) is 0 Å². The van der Waals surface area contributed by atoms with E-state index in [1.165, 1.54) is 23.9 Å². The third-order valence-electron chi connectivity index (χ3n) is 4.06. The average Bonchev–Trinajstić information content (AvgIpc) is 3.09. The molecule has 0 bridgehead atoms. The molecule has 1 heterocycles. The molecule has 0 spiro atoms. The fourth-order valence-electron chi connectivity index (χ4n) is 2.81. The Bertz CT molecular complexity index is 1170. The summed E-state index contributed by atoms with van der Waals surface area (Å²) in [7, 11) is 0. The van der Waals surface area contributed by atoms with E-state index in [1.807, 2.05) is 42.5 Å². The van der Waals surface area contributed by atoms with Crippen LogP contribution in [0, 0.1) is 10.1 Å². The molecule has 0 saturated carbocycles. The van der Waals surface area contributed by atoms with Gasteiger partial charge in [0.25, 0.3) is 5.69 Å². The number of nitro groups is 1. The van der Waals surface area contributed by atoms with Crippen LogP contribution >= 0.6 is 11.8 Å². The van der Waals surface area contributed by atoms with Gasteiger partial charge in [-0.3, -0.25) is 14.9 Å². The van der Waals surface area contributed by atoms with Gasteiger partial charge < -0.3 is 10.3 Å². The molecule has 134 valence electrons. The quantitative estimate of drug-likeness (QED) is 0.305. The number of carbonyl (C=O) groups is 1. The van der Waals surface area contributed by atoms with Crippen molar-refractivity contribution in [2.75, 3.05) is 11.1 Å². The van der Waals surface area contributed by atoms with Crippen LogP contribution in [-0.2, 0) is 4.79 Å². The number of hydrogen-bond donors (Lipinski definition) is 2. The number of benzene rings is 3. The molecule has 0 fully saturated rings. The molecule has 3 aromatic carbocycles. The Kier molecular flexibility index (Phi) is 4.47. The number of hydrogen-bond acceptors (Lipinski definition) is 5. The summed E-state index contributed by atoms with van der Waals surface area (Å²) in [5.74, 6) is 0.0216. The first-order valence-corrected chi connectivity index (χ1v) is 9.13. The van der Waals surface area contributed by atoms with Gasteiger partial charge in [-0.1, -0.05) is 48.2 Å². The van der Waals surface area contributed by atoms with Crippen molar-refractivity contribution in [2.24, 2.45) is 0 Å². The molecule has 27 heavy (non-hydrogen) atoms. The summed E-state index contributed by atoms with van der Waals surface area (Å²) in [6.07, 6.45) is 0. The smallest absolute Gasteiger partial charge is 0.271 e. The number of aromatic amines is 1. The Hall–Kier alpha value is -3.39. The number of amides is 1. The van der Waals surface area contributed by atoms with Crippen LogP contribution in [0.3, 0.4) is 0 Å². The van der Waals surface area contributed by atoms with Gasteiger partial charge in [-0.25, -0.2) is 4.98 Å². The van der Waals surface area contributed by atoms with Crippen molar-refractivity contribution in [1.29, 1.82) is 0 Å². The van der Waals surface area contributed by atoms with Crippen molar-refractivity contribution >= 4 is 50.8 Å². The first kappa shape index (κ1) is 17.0. The molecule has 0 aliphatic rings. The Morgan fingerprint density at radius 3 is 2.81 bits per heavy atom. The van der Waals surface area contributed by atoms with Crippen molar-refractivity contribution in [3.63, 3.8) is 0 Å². The van der Waals surface area contributed by atoms with Crippen molar-refractivity contribution in [1.82, 2.24) is 9.97 Å². The molecule has 1 amide bonds. The lowest BCUT2D eigenvalue weighted by atomic mass is 10.1. The zero-order valence-corrected chi connectivity index (χ0v) is 14.8. The number of fused-ring (bicyclic) bond motifs is 2. The topological polar surface area (TPSA) is 101 Å². The zero-order valence-electron chi connectivity index (χ0n) is 14.0. The van der Waals surface area contributed by atoms with E-state index in [2.05, 4.69) is 15.3 Å². The van der Waals surface area contributed by atoms with Gasteiger partial charge in [-0.2, -0.15) is 0 Å². The Morgan fingerprint density at radius 2 is 1.96 bits per heavy atom. The zero-order chi connectivity index (χ0) is 18.8. The standard InChI is InChI=1S/C19H14N4O3S/c24-18(20-15-7-3-5-12-4-1-2-6-14(12)15)11-27-19-21-16-9-8-13(23(25)26)10-17(16)22-19/h1-10H,11H2,(H,20,24)(H,21,22). The highest BCUT2D eigenvalue weighted by Gasteiger charge is 2.12. The maximum absolute atomic E-state index is 12.3. The molecule has 2 N–H and O–H groups in total. The van der Waals surface area contributed by atoms with Crippen molar-refractivity contribution < 1.29 is 9.72 Å². The van der Waals surface area contributed by atoms with E-state index in [-0.39, 0.29) is 17.3 Å². The summed E-state index contributed by atoms with van der Waals surface area (Å²) in [4.78, 5) is 30.1. The second-order valence-electron chi connectivity index (χ2n) is 5.86. The molecule has 0 saturated heterocycles. The summed E-state index contributed by atoms with van der Waals surface area (Å²) < 4.78 is 0. The Morgan fingerprint density at radius 1 is 1.15 bits per heavy atom. The van der Waals surface area contributed by atoms with Crippen LogP contribution in [0.2, 0.25) is 0 Å². The van der Waals surface area contributed by atoms with Gasteiger partial charge in [0.15, 0.2) is 5.16 Å². The van der Waals surface area contributed by atoms with E-state index in [0.29, 0.717) is 16.2 Å². The van der Waals surface area contributed by atoms with Crippen LogP contribution in [0.5, 0.6) is 0 Å². The van der Waals surface area contributed by atoms with Crippen LogP contribution < -0.4 is 5.32 Å². The first-order valence-electron chi connectivity index (χ1n) is 8.15. The van der Waals surface area contributed by atoms with Gasteiger partial charge in [-0.05, 0) is 17.5 Å². The number of nitro benzene ring substituents is 1. The van der Waals surface area contributed by atoms with Crippen molar-refractivity contribution in [2.45, 2.75) is 5.16 Å². The summed E-state index contributed by atoms with van der Waals surface area (Å²) in [6.45, 7) is 0. The maximum atomic E-state index is 12.3. The highest BCUT2D eigenvalue weighted by atomic mass is 32.2. The van der Waals surface area contributed by atoms with E-state index in [4.69, 9.17) is 0 Å². The van der Waals surface area contributed by atoms with Crippen LogP contribution in [0.4, 0.5) is 11.4 Å². The lowest BCUT2D eigenvalue weighted by molar-refractivity contribution is -0.384. The molecule has 4 rings (SSSR count). The van der Waals surface area contributed by atoms with Gasteiger partial charge >= 0.3 is 0 Å². The summed E-state index contributed by atoms with van der Waals surface area (Å²) >= 11 is 1.24. The number of imidazole rings is 1. The molecular weight excluding hydrogens is 364 g/mol. The molecule has 0 radical (unpaired) electrons. The average molecular weight is 378 g/mol. The molecule has 4 aromatic rings. The van der Waals surface area contributed by atoms with Crippen LogP contribution in [0.1, 0.15) is 0 Å². The Balaban J connectivity index is 1.46. The number of nitrogens with one attached hydrogen (secondary N) is 2. The van der Waals surface area contributed by atoms with Crippen molar-refractivity contribution in [3.8, 4) is 0 Å². The number of thioether (sulfide) groups is 1. The van der Waals surface area contributed by atoms with E-state index in [0.717, 1.165) is 16.5 Å². The van der Waals surface area contributed by atoms with Gasteiger partial charge in [0.05, 0.1) is 21.7 Å². The first-order chi connectivity index (χ1) is 13.1. The van der Waals surface area contributed by atoms with Crippen LogP contribution in [-0.4, -0.2) is 26.6 Å². The van der Waals surface area contributed by atoms with Crippen molar-refractivity contribution in [3.05, 3.63) is 70.8 Å². The monoisotopic (exact) mass is 378 g/mol. The molecule has 7 nitrogen and oxygen atoms in total. The van der Waals surface area contributed by atoms with Gasteiger partial charge in [0.1, 0.15) is 0 Å². The van der Waals surface area contributed by atoms with E-state index < -0.39 is 4.92 Å². The number of H-pyrrole nitrogens is 1. The van der Waals surface area contributed by atoms with Gasteiger partial charge in [0.2, 0.25) is 5.91 Å².